The monoisotopic (exact) mass is 508 g/mol. The van der Waals surface area contributed by atoms with Crippen molar-refractivity contribution in [1.29, 1.82) is 0 Å². The number of hydrogen-bond donors (Lipinski definition) is 0. The predicted molar refractivity (Wildman–Crippen MR) is 111 cm³/mol. The maximum absolute atomic E-state index is 12.2. The minimum Gasteiger partial charge on any atom is -0.493 e. The van der Waals surface area contributed by atoms with Gasteiger partial charge in [0.15, 0.2) is 17.2 Å². The third-order valence-corrected chi connectivity index (χ3v) is 4.53. The molecule has 0 amide bonds. The van der Waals surface area contributed by atoms with Gasteiger partial charge >= 0.3 is 11.9 Å². The zero-order valence-electron chi connectivity index (χ0n) is 15.2. The van der Waals surface area contributed by atoms with Gasteiger partial charge in [-0.15, -0.1) is 0 Å². The zero-order chi connectivity index (χ0) is 21.1. The van der Waals surface area contributed by atoms with Crippen LogP contribution in [0.5, 0.6) is 11.5 Å². The minimum atomic E-state index is -0.690. The highest BCUT2D eigenvalue weighted by molar-refractivity contribution is 14.1. The van der Waals surface area contributed by atoms with E-state index in [-0.39, 0.29) is 23.0 Å². The number of ether oxygens (including phenoxy) is 3. The molecule has 9 nitrogen and oxygen atoms in total. The van der Waals surface area contributed by atoms with Crippen LogP contribution >= 0.6 is 22.6 Å². The fraction of sp³-hybridized carbons (Fsp3) is 0.105. The summed E-state index contributed by atoms with van der Waals surface area (Å²) in [6.07, 6.45) is 1.48. The van der Waals surface area contributed by atoms with Crippen LogP contribution < -0.4 is 9.47 Å². The topological polar surface area (TPSA) is 117 Å². The van der Waals surface area contributed by atoms with Crippen LogP contribution in [0.4, 0.5) is 5.69 Å². The number of aliphatic imine (C=N–C) groups is 1. The van der Waals surface area contributed by atoms with E-state index in [2.05, 4.69) is 4.99 Å². The van der Waals surface area contributed by atoms with E-state index >= 15 is 0 Å². The second kappa shape index (κ2) is 8.39. The lowest BCUT2D eigenvalue weighted by molar-refractivity contribution is -0.384. The Hall–Kier alpha value is -3.28. The number of halogens is 1. The number of benzene rings is 2. The zero-order valence-corrected chi connectivity index (χ0v) is 17.3. The molecule has 0 N–H and O–H groups in total. The molecule has 2 aromatic rings. The predicted octanol–water partition coefficient (Wildman–Crippen LogP) is 3.48. The average molecular weight is 508 g/mol. The molecule has 0 aromatic heterocycles. The van der Waals surface area contributed by atoms with Gasteiger partial charge < -0.3 is 14.2 Å². The fourth-order valence-electron chi connectivity index (χ4n) is 2.51. The van der Waals surface area contributed by atoms with E-state index in [4.69, 9.17) is 14.2 Å². The normalized spacial score (nSPS) is 14.4. The summed E-state index contributed by atoms with van der Waals surface area (Å²) in [7, 11) is 1.43. The van der Waals surface area contributed by atoms with Crippen LogP contribution in [-0.2, 0) is 14.3 Å². The molecule has 0 saturated heterocycles. The van der Waals surface area contributed by atoms with Crippen molar-refractivity contribution < 1.29 is 28.7 Å². The third-order valence-electron chi connectivity index (χ3n) is 3.73. The summed E-state index contributed by atoms with van der Waals surface area (Å²) in [6, 6.07) is 8.91. The SMILES string of the molecule is COc1cc(C=C2N=C(c3cccc([N+](=O)[O-])c3)OC2=O)cc(I)c1OC(C)=O. The van der Waals surface area contributed by atoms with Crippen molar-refractivity contribution in [3.63, 3.8) is 0 Å². The number of hydrogen-bond acceptors (Lipinski definition) is 8. The van der Waals surface area contributed by atoms with Gasteiger partial charge in [-0.05, 0) is 52.4 Å². The first-order valence-corrected chi connectivity index (χ1v) is 9.19. The first kappa shape index (κ1) is 20.5. The summed E-state index contributed by atoms with van der Waals surface area (Å²) in [5, 5.41) is 10.9. The van der Waals surface area contributed by atoms with Crippen LogP contribution in [-0.4, -0.2) is 29.9 Å². The van der Waals surface area contributed by atoms with Gasteiger partial charge in [0.25, 0.3) is 5.69 Å². The molecule has 0 atom stereocenters. The number of cyclic esters (lactones) is 1. The summed E-state index contributed by atoms with van der Waals surface area (Å²) in [4.78, 5) is 38.0. The first-order valence-electron chi connectivity index (χ1n) is 8.12. The number of carbonyl (C=O) groups excluding carboxylic acids is 2. The van der Waals surface area contributed by atoms with Gasteiger partial charge in [-0.2, -0.15) is 0 Å². The largest absolute Gasteiger partial charge is 0.493 e. The maximum atomic E-state index is 12.2. The Morgan fingerprint density at radius 2 is 2.07 bits per heavy atom. The molecule has 0 saturated carbocycles. The van der Waals surface area contributed by atoms with E-state index < -0.39 is 16.9 Å². The third kappa shape index (κ3) is 4.59. The second-order valence-electron chi connectivity index (χ2n) is 5.77. The summed E-state index contributed by atoms with van der Waals surface area (Å²) >= 11 is 1.98. The molecule has 29 heavy (non-hydrogen) atoms. The Morgan fingerprint density at radius 3 is 2.72 bits per heavy atom. The van der Waals surface area contributed by atoms with Gasteiger partial charge in [-0.25, -0.2) is 9.79 Å². The number of nitro groups is 1. The van der Waals surface area contributed by atoms with E-state index in [0.717, 1.165) is 0 Å². The molecule has 1 heterocycles. The molecule has 148 valence electrons. The maximum Gasteiger partial charge on any atom is 0.363 e. The van der Waals surface area contributed by atoms with Crippen molar-refractivity contribution in [2.24, 2.45) is 4.99 Å². The van der Waals surface area contributed by atoms with Gasteiger partial charge in [0.1, 0.15) is 0 Å². The number of carbonyl (C=O) groups is 2. The van der Waals surface area contributed by atoms with E-state index in [1.807, 2.05) is 22.6 Å². The minimum absolute atomic E-state index is 0.0181. The molecule has 0 fully saturated rings. The molecule has 2 aromatic carbocycles. The quantitative estimate of drug-likeness (QED) is 0.152. The standard InChI is InChI=1S/C19H13IN2O7/c1-10(23)28-17-14(20)6-11(8-16(17)27-2)7-15-19(24)29-18(21-15)12-4-3-5-13(9-12)22(25)26/h3-9H,1-2H3. The Kier molecular flexibility index (Phi) is 5.92. The summed E-state index contributed by atoms with van der Waals surface area (Å²) in [5.74, 6) is -0.615. The van der Waals surface area contributed by atoms with Crippen molar-refractivity contribution in [3.05, 3.63) is 66.9 Å². The highest BCUT2D eigenvalue weighted by Crippen LogP contribution is 2.35. The summed E-state index contributed by atoms with van der Waals surface area (Å²) in [6.45, 7) is 1.28. The molecule has 1 aliphatic heterocycles. The Morgan fingerprint density at radius 1 is 1.31 bits per heavy atom. The van der Waals surface area contributed by atoms with Crippen molar-refractivity contribution in [2.75, 3.05) is 7.11 Å². The van der Waals surface area contributed by atoms with Crippen LogP contribution in [0.2, 0.25) is 0 Å². The molecule has 0 unspecified atom stereocenters. The Bertz CT molecular complexity index is 1090. The molecule has 0 bridgehead atoms. The summed E-state index contributed by atoms with van der Waals surface area (Å²) < 4.78 is 16.2. The number of esters is 2. The lowest BCUT2D eigenvalue weighted by atomic mass is 10.1. The highest BCUT2D eigenvalue weighted by atomic mass is 127. The highest BCUT2D eigenvalue weighted by Gasteiger charge is 2.25. The van der Waals surface area contributed by atoms with Crippen LogP contribution in [0.1, 0.15) is 18.1 Å². The number of nitro benzene ring substituents is 1. The molecule has 0 radical (unpaired) electrons. The molecule has 0 spiro atoms. The molecular formula is C19H13IN2O7. The van der Waals surface area contributed by atoms with Gasteiger partial charge in [-0.1, -0.05) is 6.07 Å². The Balaban J connectivity index is 1.97. The second-order valence-corrected chi connectivity index (χ2v) is 6.93. The average Bonchev–Trinajstić information content (AvgIpc) is 3.04. The van der Waals surface area contributed by atoms with E-state index in [1.54, 1.807) is 18.2 Å². The van der Waals surface area contributed by atoms with Crippen LogP contribution in [0.15, 0.2) is 47.1 Å². The van der Waals surface area contributed by atoms with E-state index in [0.29, 0.717) is 20.4 Å². The molecule has 1 aliphatic rings. The van der Waals surface area contributed by atoms with Crippen molar-refractivity contribution in [2.45, 2.75) is 6.92 Å². The van der Waals surface area contributed by atoms with Gasteiger partial charge in [0, 0.05) is 24.6 Å². The summed E-state index contributed by atoms with van der Waals surface area (Å²) in [5.41, 5.74) is 0.759. The number of non-ortho nitro benzene ring substituents is 1. The fourth-order valence-corrected chi connectivity index (χ4v) is 3.24. The van der Waals surface area contributed by atoms with Crippen LogP contribution in [0.25, 0.3) is 6.08 Å². The smallest absolute Gasteiger partial charge is 0.363 e. The van der Waals surface area contributed by atoms with Gasteiger partial charge in [0.2, 0.25) is 5.90 Å². The number of nitrogens with zero attached hydrogens (tertiary/aromatic N) is 2. The van der Waals surface area contributed by atoms with E-state index in [9.17, 15) is 19.7 Å². The number of rotatable bonds is 5. The van der Waals surface area contributed by atoms with Crippen LogP contribution in [0.3, 0.4) is 0 Å². The van der Waals surface area contributed by atoms with Crippen molar-refractivity contribution >= 4 is 52.2 Å². The van der Waals surface area contributed by atoms with Crippen molar-refractivity contribution in [1.82, 2.24) is 0 Å². The molecule has 0 aliphatic carbocycles. The molecule has 10 heteroatoms. The van der Waals surface area contributed by atoms with E-state index in [1.165, 1.54) is 38.3 Å². The Labute approximate surface area is 178 Å². The first-order chi connectivity index (χ1) is 13.8. The molecule has 3 rings (SSSR count). The van der Waals surface area contributed by atoms with Gasteiger partial charge in [0.05, 0.1) is 15.6 Å². The van der Waals surface area contributed by atoms with Gasteiger partial charge in [-0.3, -0.25) is 14.9 Å². The van der Waals surface area contributed by atoms with Crippen molar-refractivity contribution in [3.8, 4) is 11.5 Å². The molecular weight excluding hydrogens is 495 g/mol. The number of methoxy groups -OCH3 is 1. The lowest BCUT2D eigenvalue weighted by Gasteiger charge is -2.11. The van der Waals surface area contributed by atoms with Crippen LogP contribution in [0, 0.1) is 13.7 Å². The lowest BCUT2D eigenvalue weighted by Crippen LogP contribution is -2.06.